The summed E-state index contributed by atoms with van der Waals surface area (Å²) in [5.41, 5.74) is 7.13. The minimum Gasteiger partial charge on any atom is -0.480 e. The van der Waals surface area contributed by atoms with Crippen molar-refractivity contribution in [2.24, 2.45) is 5.73 Å². The number of nitrogens with one attached hydrogen (secondary N) is 4. The number of para-hydroxylation sites is 1. The molecule has 3 rings (SSSR count). The number of nitrogens with two attached hydrogens (primary N) is 1. The zero-order chi connectivity index (χ0) is 30.1. The van der Waals surface area contributed by atoms with E-state index in [2.05, 4.69) is 20.9 Å². The van der Waals surface area contributed by atoms with Crippen LogP contribution in [0.5, 0.6) is 0 Å². The molecule has 0 radical (unpaired) electrons. The molecule has 1 aliphatic heterocycles. The lowest BCUT2D eigenvalue weighted by atomic mass is 10.0. The second-order valence-electron chi connectivity index (χ2n) is 10.4. The van der Waals surface area contributed by atoms with Crippen LogP contribution in [0.25, 0.3) is 10.9 Å². The summed E-state index contributed by atoms with van der Waals surface area (Å²) in [6.07, 6.45) is 2.65. The number of amides is 4. The van der Waals surface area contributed by atoms with Crippen molar-refractivity contribution in [2.75, 3.05) is 13.1 Å². The highest BCUT2D eigenvalue weighted by Crippen LogP contribution is 2.20. The monoisotopic (exact) mass is 572 g/mol. The molecule has 41 heavy (non-hydrogen) atoms. The Morgan fingerprint density at radius 3 is 2.44 bits per heavy atom. The maximum absolute atomic E-state index is 13.3. The molecule has 2 heterocycles. The maximum atomic E-state index is 13.3. The quantitative estimate of drug-likeness (QED) is 0.150. The van der Waals surface area contributed by atoms with E-state index in [1.54, 1.807) is 6.20 Å². The molecule has 8 N–H and O–H groups in total. The number of carboxylic acid groups (broad SMARTS) is 1. The van der Waals surface area contributed by atoms with Gasteiger partial charge in [0.1, 0.15) is 24.2 Å². The van der Waals surface area contributed by atoms with E-state index in [-0.39, 0.29) is 18.7 Å². The number of aliphatic hydroxyl groups excluding tert-OH is 1. The summed E-state index contributed by atoms with van der Waals surface area (Å²) in [5, 5.41) is 28.6. The van der Waals surface area contributed by atoms with E-state index in [0.29, 0.717) is 44.3 Å². The fourth-order valence-corrected chi connectivity index (χ4v) is 5.09. The first-order chi connectivity index (χ1) is 19.5. The molecule has 2 aromatic rings. The van der Waals surface area contributed by atoms with Crippen LogP contribution in [-0.2, 0) is 30.4 Å². The van der Waals surface area contributed by atoms with Gasteiger partial charge in [-0.05, 0) is 57.2 Å². The first kappa shape index (κ1) is 31.6. The van der Waals surface area contributed by atoms with Crippen LogP contribution in [0, 0.1) is 0 Å². The average Bonchev–Trinajstić information content (AvgIpc) is 3.58. The van der Waals surface area contributed by atoms with Gasteiger partial charge in [-0.15, -0.1) is 0 Å². The van der Waals surface area contributed by atoms with Crippen LogP contribution in [0.3, 0.4) is 0 Å². The van der Waals surface area contributed by atoms with E-state index in [0.717, 1.165) is 10.9 Å². The molecular formula is C28H40N6O7. The molecule has 1 aromatic heterocycles. The highest BCUT2D eigenvalue weighted by atomic mass is 16.4. The van der Waals surface area contributed by atoms with Crippen molar-refractivity contribution in [3.63, 3.8) is 0 Å². The number of aromatic nitrogens is 1. The molecule has 1 saturated heterocycles. The minimum absolute atomic E-state index is 0.00888. The summed E-state index contributed by atoms with van der Waals surface area (Å²) in [5.74, 6) is -3.60. The fraction of sp³-hybridized carbons (Fsp3) is 0.536. The number of hydrogen-bond acceptors (Lipinski definition) is 7. The first-order valence-electron chi connectivity index (χ1n) is 13.9. The van der Waals surface area contributed by atoms with Crippen LogP contribution in [0.4, 0.5) is 0 Å². The lowest BCUT2D eigenvalue weighted by Gasteiger charge is -2.28. The third-order valence-electron chi connectivity index (χ3n) is 7.32. The molecule has 224 valence electrons. The molecule has 1 aliphatic rings. The van der Waals surface area contributed by atoms with E-state index in [9.17, 15) is 34.2 Å². The summed E-state index contributed by atoms with van der Waals surface area (Å²) in [6, 6.07) is 2.82. The van der Waals surface area contributed by atoms with E-state index >= 15 is 0 Å². The van der Waals surface area contributed by atoms with Gasteiger partial charge >= 0.3 is 5.97 Å². The number of fused-ring (bicyclic) bond motifs is 1. The van der Waals surface area contributed by atoms with Gasteiger partial charge in [-0.2, -0.15) is 0 Å². The molecule has 0 saturated carbocycles. The van der Waals surface area contributed by atoms with E-state index in [4.69, 9.17) is 5.73 Å². The van der Waals surface area contributed by atoms with Crippen molar-refractivity contribution < 1.29 is 34.2 Å². The minimum atomic E-state index is -1.40. The Bertz CT molecular complexity index is 1250. The van der Waals surface area contributed by atoms with E-state index in [1.807, 2.05) is 24.3 Å². The molecular weight excluding hydrogens is 532 g/mol. The van der Waals surface area contributed by atoms with Crippen LogP contribution in [-0.4, -0.2) is 93.1 Å². The summed E-state index contributed by atoms with van der Waals surface area (Å²) in [4.78, 5) is 67.9. The molecule has 0 aliphatic carbocycles. The van der Waals surface area contributed by atoms with Gasteiger partial charge < -0.3 is 41.8 Å². The van der Waals surface area contributed by atoms with Crippen molar-refractivity contribution in [3.8, 4) is 0 Å². The van der Waals surface area contributed by atoms with Gasteiger partial charge in [0.25, 0.3) is 0 Å². The first-order valence-corrected chi connectivity index (χ1v) is 13.9. The Morgan fingerprint density at radius 2 is 1.78 bits per heavy atom. The van der Waals surface area contributed by atoms with Crippen molar-refractivity contribution in [1.82, 2.24) is 25.8 Å². The summed E-state index contributed by atoms with van der Waals surface area (Å²) in [7, 11) is 0. The molecule has 0 bridgehead atoms. The third kappa shape index (κ3) is 8.27. The molecule has 5 atom stereocenters. The molecule has 13 heteroatoms. The largest absolute Gasteiger partial charge is 0.480 e. The van der Waals surface area contributed by atoms with Crippen LogP contribution in [0.15, 0.2) is 30.5 Å². The van der Waals surface area contributed by atoms with Gasteiger partial charge in [0.15, 0.2) is 0 Å². The lowest BCUT2D eigenvalue weighted by molar-refractivity contribution is -0.142. The molecule has 0 spiro atoms. The van der Waals surface area contributed by atoms with Crippen molar-refractivity contribution in [1.29, 1.82) is 0 Å². The standard InChI is InChI=1S/C28H40N6O7/c1-16(35)24(33-26(38)23-11-7-13-34(23)17(2)36)27(39)31-21(10-5-6-12-29)25(37)32-22(28(40)41)14-18-15-30-20-9-4-3-8-19(18)20/h3-4,8-9,15-16,21-24,30,35H,5-7,10-14,29H2,1-2H3,(H,31,39)(H,32,37)(H,33,38)(H,40,41)/t16-,21+,22+,23+,24+/m1/s1. The second kappa shape index (κ2) is 14.6. The van der Waals surface area contributed by atoms with Gasteiger partial charge in [-0.25, -0.2) is 4.79 Å². The maximum Gasteiger partial charge on any atom is 0.326 e. The van der Waals surface area contributed by atoms with Gasteiger partial charge in [-0.1, -0.05) is 18.2 Å². The molecule has 1 aromatic carbocycles. The number of carboxylic acids is 1. The van der Waals surface area contributed by atoms with Crippen LogP contribution in [0.2, 0.25) is 0 Å². The second-order valence-corrected chi connectivity index (χ2v) is 10.4. The predicted molar refractivity (Wildman–Crippen MR) is 150 cm³/mol. The molecule has 13 nitrogen and oxygen atoms in total. The Balaban J connectivity index is 1.72. The Kier molecular flexibility index (Phi) is 11.2. The average molecular weight is 573 g/mol. The van der Waals surface area contributed by atoms with Crippen molar-refractivity contribution in [3.05, 3.63) is 36.0 Å². The summed E-state index contributed by atoms with van der Waals surface area (Å²) < 4.78 is 0. The zero-order valence-electron chi connectivity index (χ0n) is 23.4. The molecule has 1 fully saturated rings. The van der Waals surface area contributed by atoms with Crippen molar-refractivity contribution >= 4 is 40.5 Å². The van der Waals surface area contributed by atoms with E-state index in [1.165, 1.54) is 18.7 Å². The number of carbonyl (C=O) groups is 5. The van der Waals surface area contributed by atoms with Gasteiger partial charge in [0.05, 0.1) is 6.10 Å². The number of likely N-dealkylation sites (tertiary alicyclic amines) is 1. The molecule has 4 amide bonds. The van der Waals surface area contributed by atoms with E-state index < -0.39 is 54.0 Å². The van der Waals surface area contributed by atoms with Crippen LogP contribution < -0.4 is 21.7 Å². The zero-order valence-corrected chi connectivity index (χ0v) is 23.4. The Morgan fingerprint density at radius 1 is 1.07 bits per heavy atom. The Hall–Kier alpha value is -3.97. The number of benzene rings is 1. The van der Waals surface area contributed by atoms with Crippen molar-refractivity contribution in [2.45, 2.75) is 82.6 Å². The Labute approximate surface area is 238 Å². The highest BCUT2D eigenvalue weighted by molar-refractivity contribution is 5.95. The highest BCUT2D eigenvalue weighted by Gasteiger charge is 2.37. The number of nitrogens with zero attached hydrogens (tertiary/aromatic N) is 1. The number of aromatic amines is 1. The SMILES string of the molecule is CC(=O)N1CCC[C@H]1C(=O)N[C@H](C(=O)N[C@@H](CCCCN)C(=O)N[C@@H](Cc1c[nH]c2ccccc12)C(=O)O)[C@@H](C)O. The number of aliphatic hydroxyl groups is 1. The normalized spacial score (nSPS) is 17.9. The van der Waals surface area contributed by atoms with Crippen LogP contribution in [0.1, 0.15) is 51.5 Å². The number of H-pyrrole nitrogens is 1. The smallest absolute Gasteiger partial charge is 0.326 e. The third-order valence-corrected chi connectivity index (χ3v) is 7.32. The summed E-state index contributed by atoms with van der Waals surface area (Å²) in [6.45, 7) is 3.47. The number of aliphatic carboxylic acids is 1. The van der Waals surface area contributed by atoms with Gasteiger partial charge in [0, 0.05) is 37.0 Å². The molecule has 0 unspecified atom stereocenters. The number of unbranched alkanes of at least 4 members (excludes halogenated alkanes) is 1. The fourth-order valence-electron chi connectivity index (χ4n) is 5.09. The summed E-state index contributed by atoms with van der Waals surface area (Å²) >= 11 is 0. The number of hydrogen-bond donors (Lipinski definition) is 7. The predicted octanol–water partition coefficient (Wildman–Crippen LogP) is -0.230. The van der Waals surface area contributed by atoms with Crippen LogP contribution >= 0.6 is 0 Å². The van der Waals surface area contributed by atoms with Gasteiger partial charge in [-0.3, -0.25) is 19.2 Å². The number of rotatable bonds is 14. The topological polar surface area (TPSA) is 207 Å². The number of carbonyl (C=O) groups excluding carboxylic acids is 4. The van der Waals surface area contributed by atoms with Gasteiger partial charge in [0.2, 0.25) is 23.6 Å². The lowest BCUT2D eigenvalue weighted by Crippen LogP contribution is -2.60.